The summed E-state index contributed by atoms with van der Waals surface area (Å²) in [6, 6.07) is 0. The van der Waals surface area contributed by atoms with Crippen molar-refractivity contribution < 1.29 is 65.4 Å². The van der Waals surface area contributed by atoms with Crippen molar-refractivity contribution >= 4 is 7.28 Å². The van der Waals surface area contributed by atoms with Gasteiger partial charge in [0.2, 0.25) is 0 Å². The van der Waals surface area contributed by atoms with Crippen LogP contribution in [-0.4, -0.2) is 7.28 Å². The molecule has 3 heteroatoms. The van der Waals surface area contributed by atoms with E-state index in [0.29, 0.717) is 0 Å². The van der Waals surface area contributed by atoms with Gasteiger partial charge in [-0.2, -0.15) is 0 Å². The van der Waals surface area contributed by atoms with Crippen LogP contribution in [0, 0.1) is 0 Å². The number of hydrogen-bond acceptors (Lipinski definition) is 0. The summed E-state index contributed by atoms with van der Waals surface area (Å²) < 4.78 is 0. The van der Waals surface area contributed by atoms with E-state index in [2.05, 4.69) is 0 Å². The van der Waals surface area contributed by atoms with Gasteiger partial charge in [0.1, 0.15) is 7.28 Å². The molecule has 0 aliphatic heterocycles. The summed E-state index contributed by atoms with van der Waals surface area (Å²) in [6.07, 6.45) is 0. The molecule has 0 aromatic carbocycles. The molecular formula is C2H6BY2. The first-order valence-corrected chi connectivity index (χ1v) is 1.15. The van der Waals surface area contributed by atoms with Gasteiger partial charge < -0.3 is 0 Å². The van der Waals surface area contributed by atoms with Crippen molar-refractivity contribution in [2.24, 2.45) is 0 Å². The molecule has 0 spiro atoms. The molecule has 5 heavy (non-hydrogen) atoms. The van der Waals surface area contributed by atoms with Gasteiger partial charge in [-0.1, -0.05) is 13.6 Å². The maximum atomic E-state index is 2.00. The third-order valence-corrected chi connectivity index (χ3v) is 0. The summed E-state index contributed by atoms with van der Waals surface area (Å²) >= 11 is 0. The van der Waals surface area contributed by atoms with Crippen LogP contribution in [0.25, 0.3) is 0 Å². The van der Waals surface area contributed by atoms with E-state index in [9.17, 15) is 0 Å². The Labute approximate surface area is 84.9 Å². The zero-order chi connectivity index (χ0) is 2.71. The van der Waals surface area contributed by atoms with Crippen molar-refractivity contribution in [3.8, 4) is 0 Å². The third kappa shape index (κ3) is 22.2. The van der Waals surface area contributed by atoms with E-state index in [0.717, 1.165) is 0 Å². The molecule has 0 fully saturated rings. The first kappa shape index (κ1) is 15.7. The van der Waals surface area contributed by atoms with E-state index in [1.165, 1.54) is 0 Å². The van der Waals surface area contributed by atoms with Crippen molar-refractivity contribution in [2.45, 2.75) is 13.6 Å². The Balaban J connectivity index is -0.0000000200. The minimum Gasteiger partial charge on any atom is -0.0922 e. The van der Waals surface area contributed by atoms with Crippen LogP contribution in [0.1, 0.15) is 0 Å². The molecule has 3 radical (unpaired) electrons. The third-order valence-electron chi connectivity index (χ3n) is 0. The first-order valence-electron chi connectivity index (χ1n) is 1.15. The fraction of sp³-hybridized carbons (Fsp3) is 1.00. The van der Waals surface area contributed by atoms with Gasteiger partial charge in [0.25, 0.3) is 0 Å². The topological polar surface area (TPSA) is 0 Å². The molecule has 0 atom stereocenters. The second-order valence-corrected chi connectivity index (χ2v) is 0.577. The van der Waals surface area contributed by atoms with Gasteiger partial charge in [-0.3, -0.25) is 0 Å². The van der Waals surface area contributed by atoms with Crippen molar-refractivity contribution in [1.82, 2.24) is 0 Å². The molecular weight excluding hydrogens is 213 g/mol. The Morgan fingerprint density at radius 1 is 1.00 bits per heavy atom. The molecule has 0 aromatic heterocycles. The molecule has 0 aliphatic carbocycles. The van der Waals surface area contributed by atoms with Crippen molar-refractivity contribution in [3.63, 3.8) is 0 Å². The van der Waals surface area contributed by atoms with Crippen molar-refractivity contribution in [3.05, 3.63) is 0 Å². The molecule has 23 valence electrons. The Morgan fingerprint density at radius 3 is 1.00 bits per heavy atom. The molecule has 0 aromatic rings. The summed E-state index contributed by atoms with van der Waals surface area (Å²) in [5, 5.41) is 0. The molecule has 0 rings (SSSR count). The normalized spacial score (nSPS) is 2.80. The Morgan fingerprint density at radius 2 is 1.00 bits per heavy atom. The fourth-order valence-electron chi connectivity index (χ4n) is 0. The number of rotatable bonds is 0. The predicted octanol–water partition coefficient (Wildman–Crippen LogP) is 0.782. The Bertz CT molecular complexity index is 7.61. The van der Waals surface area contributed by atoms with Gasteiger partial charge in [-0.05, 0) is 0 Å². The largest absolute Gasteiger partial charge is 0.102 e. The van der Waals surface area contributed by atoms with Crippen LogP contribution in [-0.2, 0) is 65.4 Å². The summed E-state index contributed by atoms with van der Waals surface area (Å²) in [5.41, 5.74) is 0. The second kappa shape index (κ2) is 16.3. The standard InChI is InChI=1S/C2H6B.2Y/c1-3-2;;/h1-2H3;;. The van der Waals surface area contributed by atoms with Crippen LogP contribution in [0.15, 0.2) is 0 Å². The molecule has 0 amide bonds. The van der Waals surface area contributed by atoms with E-state index < -0.39 is 0 Å². The average molecular weight is 219 g/mol. The summed E-state index contributed by atoms with van der Waals surface area (Å²) in [5.74, 6) is 0. The van der Waals surface area contributed by atoms with E-state index in [1.807, 2.05) is 20.9 Å². The van der Waals surface area contributed by atoms with Crippen LogP contribution in [0.2, 0.25) is 13.6 Å². The van der Waals surface area contributed by atoms with Crippen molar-refractivity contribution in [2.75, 3.05) is 0 Å². The van der Waals surface area contributed by atoms with E-state index in [-0.39, 0.29) is 65.4 Å². The smallest absolute Gasteiger partial charge is 0.0922 e. The minimum absolute atomic E-state index is 0. The minimum atomic E-state index is 0. The quantitative estimate of drug-likeness (QED) is 0.528. The van der Waals surface area contributed by atoms with Crippen LogP contribution >= 0.6 is 0 Å². The zero-order valence-corrected chi connectivity index (χ0v) is 9.41. The van der Waals surface area contributed by atoms with Crippen LogP contribution in [0.4, 0.5) is 0 Å². The van der Waals surface area contributed by atoms with Crippen molar-refractivity contribution in [1.29, 1.82) is 0 Å². The SMILES string of the molecule is C[B]C.[Y].[Y]. The molecule has 0 aliphatic rings. The maximum absolute atomic E-state index is 2.00. The van der Waals surface area contributed by atoms with Gasteiger partial charge in [0.15, 0.2) is 0 Å². The van der Waals surface area contributed by atoms with E-state index in [1.54, 1.807) is 0 Å². The van der Waals surface area contributed by atoms with Gasteiger partial charge in [-0.25, -0.2) is 0 Å². The molecule has 0 heterocycles. The monoisotopic (exact) mass is 219 g/mol. The Hall–Kier alpha value is 2.27. The molecule has 0 saturated heterocycles. The molecule has 0 bridgehead atoms. The summed E-state index contributed by atoms with van der Waals surface area (Å²) in [7, 11) is 2.00. The van der Waals surface area contributed by atoms with Gasteiger partial charge in [0, 0.05) is 65.4 Å². The second-order valence-electron chi connectivity index (χ2n) is 0.577. The van der Waals surface area contributed by atoms with E-state index >= 15 is 0 Å². The van der Waals surface area contributed by atoms with E-state index in [4.69, 9.17) is 0 Å². The molecule has 0 N–H and O–H groups in total. The van der Waals surface area contributed by atoms with Gasteiger partial charge >= 0.3 is 0 Å². The molecule has 0 nitrogen and oxygen atoms in total. The molecule has 0 saturated carbocycles. The summed E-state index contributed by atoms with van der Waals surface area (Å²) in [6.45, 7) is 4.00. The predicted molar refractivity (Wildman–Crippen MR) is 17.5 cm³/mol. The first-order chi connectivity index (χ1) is 1.41. The summed E-state index contributed by atoms with van der Waals surface area (Å²) in [4.78, 5) is 0. The van der Waals surface area contributed by atoms with Crippen LogP contribution in [0.5, 0.6) is 0 Å². The maximum Gasteiger partial charge on any atom is 0.102 e. The average Bonchev–Trinajstić information content (AvgIpc) is 0.918. The Kier molecular flexibility index (Phi) is 51.0. The zero-order valence-electron chi connectivity index (χ0n) is 3.73. The van der Waals surface area contributed by atoms with Crippen LogP contribution < -0.4 is 0 Å². The van der Waals surface area contributed by atoms with Crippen LogP contribution in [0.3, 0.4) is 0 Å². The fourth-order valence-corrected chi connectivity index (χ4v) is 0. The van der Waals surface area contributed by atoms with Gasteiger partial charge in [0.05, 0.1) is 0 Å². The van der Waals surface area contributed by atoms with Gasteiger partial charge in [-0.15, -0.1) is 0 Å². The molecule has 0 unspecified atom stereocenters. The number of hydrogen-bond donors (Lipinski definition) is 0.